The second kappa shape index (κ2) is 8.30. The van der Waals surface area contributed by atoms with Gasteiger partial charge in [0, 0.05) is 23.7 Å². The largest absolute Gasteiger partial charge is 0.383 e. The third-order valence-corrected chi connectivity index (χ3v) is 3.89. The molecule has 1 aromatic heterocycles. The van der Waals surface area contributed by atoms with Crippen LogP contribution in [-0.2, 0) is 4.79 Å². The number of amides is 1. The summed E-state index contributed by atoms with van der Waals surface area (Å²) in [5.41, 5.74) is 12.4. The molecule has 24 heavy (non-hydrogen) atoms. The van der Waals surface area contributed by atoms with Crippen LogP contribution < -0.4 is 16.8 Å². The Bertz CT molecular complexity index is 713. The van der Waals surface area contributed by atoms with Crippen LogP contribution in [0, 0.1) is 0 Å². The number of ketones is 1. The minimum atomic E-state index is -0.0731. The topological polar surface area (TPSA) is 124 Å². The van der Waals surface area contributed by atoms with Gasteiger partial charge < -0.3 is 16.8 Å². The highest BCUT2D eigenvalue weighted by Gasteiger charge is 2.10. The van der Waals surface area contributed by atoms with E-state index in [0.717, 1.165) is 6.42 Å². The van der Waals surface area contributed by atoms with Crippen LogP contribution in [0.5, 0.6) is 0 Å². The van der Waals surface area contributed by atoms with E-state index in [1.807, 2.05) is 6.92 Å². The van der Waals surface area contributed by atoms with Crippen molar-refractivity contribution in [3.05, 3.63) is 35.9 Å². The number of nitrogens with zero attached hydrogens (tertiary/aromatic N) is 2. The molecule has 0 aliphatic heterocycles. The van der Waals surface area contributed by atoms with E-state index in [4.69, 9.17) is 11.5 Å². The van der Waals surface area contributed by atoms with Crippen molar-refractivity contribution in [3.8, 4) is 0 Å². The Labute approximate surface area is 144 Å². The number of nitrogens with one attached hydrogen (secondary N) is 1. The lowest BCUT2D eigenvalue weighted by molar-refractivity contribution is -0.116. The van der Waals surface area contributed by atoms with Crippen molar-refractivity contribution in [1.29, 1.82) is 0 Å². The Balaban J connectivity index is 1.93. The summed E-state index contributed by atoms with van der Waals surface area (Å²) >= 11 is 1.17. The summed E-state index contributed by atoms with van der Waals surface area (Å²) in [6.07, 6.45) is 1.26. The number of hydrogen-bond donors (Lipinski definition) is 3. The normalized spacial score (nSPS) is 10.4. The van der Waals surface area contributed by atoms with Gasteiger partial charge >= 0.3 is 0 Å². The lowest BCUT2D eigenvalue weighted by atomic mass is 10.1. The average molecular weight is 345 g/mol. The van der Waals surface area contributed by atoms with Crippen LogP contribution in [0.2, 0.25) is 0 Å². The van der Waals surface area contributed by atoms with Gasteiger partial charge in [0.1, 0.15) is 11.6 Å². The first-order valence-electron chi connectivity index (χ1n) is 7.44. The number of anilines is 3. The highest BCUT2D eigenvalue weighted by Crippen LogP contribution is 2.18. The summed E-state index contributed by atoms with van der Waals surface area (Å²) < 4.78 is 0. The number of aromatic nitrogens is 2. The number of nitrogens with two attached hydrogens (primary N) is 2. The maximum Gasteiger partial charge on any atom is 0.224 e. The van der Waals surface area contributed by atoms with E-state index < -0.39 is 0 Å². The molecule has 0 radical (unpaired) electrons. The predicted molar refractivity (Wildman–Crippen MR) is 95.9 cm³/mol. The van der Waals surface area contributed by atoms with Crippen LogP contribution in [0.15, 0.2) is 35.5 Å². The van der Waals surface area contributed by atoms with Gasteiger partial charge in [-0.2, -0.15) is 0 Å². The zero-order chi connectivity index (χ0) is 17.5. The summed E-state index contributed by atoms with van der Waals surface area (Å²) in [5, 5.41) is 3.14. The van der Waals surface area contributed by atoms with Crippen LogP contribution in [0.25, 0.3) is 0 Å². The highest BCUT2D eigenvalue weighted by atomic mass is 32.2. The molecule has 0 spiro atoms. The molecule has 0 unspecified atom stereocenters. The van der Waals surface area contributed by atoms with Crippen molar-refractivity contribution < 1.29 is 9.59 Å². The minimum absolute atomic E-state index is 0.0384. The second-order valence-electron chi connectivity index (χ2n) is 5.09. The van der Waals surface area contributed by atoms with Crippen LogP contribution in [0.3, 0.4) is 0 Å². The molecule has 126 valence electrons. The van der Waals surface area contributed by atoms with Crippen LogP contribution in [0.1, 0.15) is 30.1 Å². The fourth-order valence-electron chi connectivity index (χ4n) is 1.93. The summed E-state index contributed by atoms with van der Waals surface area (Å²) in [4.78, 5) is 31.8. The molecule has 0 atom stereocenters. The highest BCUT2D eigenvalue weighted by molar-refractivity contribution is 7.99. The second-order valence-corrected chi connectivity index (χ2v) is 6.03. The molecule has 0 aliphatic rings. The summed E-state index contributed by atoms with van der Waals surface area (Å²) in [5.74, 6) is 0.596. The molecule has 1 amide bonds. The third-order valence-electron chi connectivity index (χ3n) is 3.05. The van der Waals surface area contributed by atoms with Gasteiger partial charge in [0.25, 0.3) is 0 Å². The molecule has 1 aromatic carbocycles. The molecule has 0 fully saturated rings. The van der Waals surface area contributed by atoms with E-state index in [9.17, 15) is 9.59 Å². The zero-order valence-corrected chi connectivity index (χ0v) is 14.1. The van der Waals surface area contributed by atoms with Gasteiger partial charge in [-0.1, -0.05) is 18.7 Å². The van der Waals surface area contributed by atoms with E-state index in [2.05, 4.69) is 15.3 Å². The molecule has 7 nitrogen and oxygen atoms in total. The molecule has 0 saturated carbocycles. The van der Waals surface area contributed by atoms with E-state index in [-0.39, 0.29) is 29.1 Å². The molecule has 5 N–H and O–H groups in total. The Hall–Kier alpha value is -2.61. The lowest BCUT2D eigenvalue weighted by Gasteiger charge is -2.06. The number of carbonyl (C=O) groups is 2. The zero-order valence-electron chi connectivity index (χ0n) is 13.3. The minimum Gasteiger partial charge on any atom is -0.383 e. The van der Waals surface area contributed by atoms with Gasteiger partial charge in [-0.3, -0.25) is 9.59 Å². The Morgan fingerprint density at radius 3 is 2.33 bits per heavy atom. The van der Waals surface area contributed by atoms with Gasteiger partial charge in [-0.05, 0) is 30.7 Å². The first kappa shape index (κ1) is 17.7. The van der Waals surface area contributed by atoms with Crippen molar-refractivity contribution >= 4 is 40.8 Å². The number of rotatable bonds is 7. The Morgan fingerprint density at radius 2 is 1.75 bits per heavy atom. The van der Waals surface area contributed by atoms with Gasteiger partial charge in [0.15, 0.2) is 10.9 Å². The average Bonchev–Trinajstić information content (AvgIpc) is 2.52. The number of benzene rings is 1. The van der Waals surface area contributed by atoms with Gasteiger partial charge in [0.05, 0.1) is 5.75 Å². The van der Waals surface area contributed by atoms with Crippen molar-refractivity contribution in [2.75, 3.05) is 22.5 Å². The standard InChI is InChI=1S/C16H19N5O2S/c1-2-3-15(23)19-11-6-4-10(5-7-11)12(22)9-24-16-20-13(17)8-14(18)21-16/h4-8H,2-3,9H2,1H3,(H,19,23)(H4,17,18,20,21). The number of Topliss-reactive ketones (excluding diaryl/α,β-unsaturated/α-hetero) is 1. The van der Waals surface area contributed by atoms with Gasteiger partial charge in [-0.25, -0.2) is 9.97 Å². The number of carbonyl (C=O) groups excluding carboxylic acids is 2. The fraction of sp³-hybridized carbons (Fsp3) is 0.250. The summed E-state index contributed by atoms with van der Waals surface area (Å²) in [6.45, 7) is 1.94. The molecule has 1 heterocycles. The lowest BCUT2D eigenvalue weighted by Crippen LogP contribution is -2.11. The first-order valence-corrected chi connectivity index (χ1v) is 8.42. The monoisotopic (exact) mass is 345 g/mol. The van der Waals surface area contributed by atoms with Crippen molar-refractivity contribution in [2.24, 2.45) is 0 Å². The van der Waals surface area contributed by atoms with Crippen molar-refractivity contribution in [2.45, 2.75) is 24.9 Å². The molecule has 2 rings (SSSR count). The molecule has 8 heteroatoms. The molecule has 0 bridgehead atoms. The quantitative estimate of drug-likeness (QED) is 0.400. The van der Waals surface area contributed by atoms with E-state index in [1.165, 1.54) is 17.8 Å². The van der Waals surface area contributed by atoms with Gasteiger partial charge in [-0.15, -0.1) is 0 Å². The predicted octanol–water partition coefficient (Wildman–Crippen LogP) is 2.35. The van der Waals surface area contributed by atoms with Gasteiger partial charge in [0.2, 0.25) is 5.91 Å². The summed E-state index contributed by atoms with van der Waals surface area (Å²) in [6, 6.07) is 8.23. The Morgan fingerprint density at radius 1 is 1.12 bits per heavy atom. The summed E-state index contributed by atoms with van der Waals surface area (Å²) in [7, 11) is 0. The smallest absolute Gasteiger partial charge is 0.224 e. The maximum atomic E-state index is 12.2. The maximum absolute atomic E-state index is 12.2. The van der Waals surface area contributed by atoms with Crippen LogP contribution >= 0.6 is 11.8 Å². The molecule has 0 aliphatic carbocycles. The van der Waals surface area contributed by atoms with E-state index >= 15 is 0 Å². The number of thioether (sulfide) groups is 1. The van der Waals surface area contributed by atoms with Crippen molar-refractivity contribution in [1.82, 2.24) is 9.97 Å². The molecule has 0 saturated heterocycles. The number of hydrogen-bond acceptors (Lipinski definition) is 7. The van der Waals surface area contributed by atoms with E-state index in [0.29, 0.717) is 22.8 Å². The molecule has 2 aromatic rings. The van der Waals surface area contributed by atoms with Crippen LogP contribution in [0.4, 0.5) is 17.3 Å². The van der Waals surface area contributed by atoms with Crippen LogP contribution in [-0.4, -0.2) is 27.4 Å². The van der Waals surface area contributed by atoms with Crippen molar-refractivity contribution in [3.63, 3.8) is 0 Å². The molecular weight excluding hydrogens is 326 g/mol. The first-order chi connectivity index (χ1) is 11.5. The Kier molecular flexibility index (Phi) is 6.14. The molecular formula is C16H19N5O2S. The number of nitrogen functional groups attached to an aromatic ring is 2. The third kappa shape index (κ3) is 5.24. The fourth-order valence-corrected chi connectivity index (χ4v) is 2.70. The van der Waals surface area contributed by atoms with E-state index in [1.54, 1.807) is 24.3 Å². The SMILES string of the molecule is CCCC(=O)Nc1ccc(C(=O)CSc2nc(N)cc(N)n2)cc1.